The van der Waals surface area contributed by atoms with Gasteiger partial charge in [-0.2, -0.15) is 0 Å². The number of nitrogens with two attached hydrogens (primary N) is 1. The highest BCUT2D eigenvalue weighted by molar-refractivity contribution is 5.85. The van der Waals surface area contributed by atoms with Crippen LogP contribution in [0.2, 0.25) is 0 Å². The molecular formula is C12H23ClN2O. The smallest absolute Gasteiger partial charge is 0.228 e. The fraction of sp³-hybridized carbons (Fsp3) is 0.917. The second-order valence-corrected chi connectivity index (χ2v) is 5.18. The predicted octanol–water partition coefficient (Wildman–Crippen LogP) is 1.94. The van der Waals surface area contributed by atoms with Gasteiger partial charge in [-0.3, -0.25) is 4.79 Å². The number of amides is 1. The lowest BCUT2D eigenvalue weighted by molar-refractivity contribution is -0.147. The Morgan fingerprint density at radius 1 is 1.50 bits per heavy atom. The van der Waals surface area contributed by atoms with Crippen LogP contribution in [0.4, 0.5) is 0 Å². The van der Waals surface area contributed by atoms with Crippen molar-refractivity contribution in [3.05, 3.63) is 0 Å². The molecule has 0 radical (unpaired) electrons. The van der Waals surface area contributed by atoms with E-state index in [-0.39, 0.29) is 23.9 Å². The largest absolute Gasteiger partial charge is 0.341 e. The van der Waals surface area contributed by atoms with Crippen molar-refractivity contribution in [3.63, 3.8) is 0 Å². The lowest BCUT2D eigenvalue weighted by Gasteiger charge is -2.42. The van der Waals surface area contributed by atoms with E-state index < -0.39 is 0 Å². The van der Waals surface area contributed by atoms with Gasteiger partial charge in [0.25, 0.3) is 0 Å². The first-order chi connectivity index (χ1) is 7.18. The van der Waals surface area contributed by atoms with Gasteiger partial charge in [-0.25, -0.2) is 0 Å². The van der Waals surface area contributed by atoms with E-state index in [1.807, 2.05) is 4.90 Å². The summed E-state index contributed by atoms with van der Waals surface area (Å²) in [4.78, 5) is 14.4. The molecule has 0 aromatic heterocycles. The third-order valence-corrected chi connectivity index (χ3v) is 4.00. The van der Waals surface area contributed by atoms with Crippen LogP contribution in [0.5, 0.6) is 0 Å². The van der Waals surface area contributed by atoms with E-state index in [0.717, 1.165) is 45.2 Å². The zero-order valence-corrected chi connectivity index (χ0v) is 10.9. The molecular weight excluding hydrogens is 224 g/mol. The molecule has 0 unspecified atom stereocenters. The average Bonchev–Trinajstić information content (AvgIpc) is 2.57. The van der Waals surface area contributed by atoms with Gasteiger partial charge in [-0.1, -0.05) is 19.8 Å². The van der Waals surface area contributed by atoms with Crippen LogP contribution in [-0.4, -0.2) is 29.9 Å². The predicted molar refractivity (Wildman–Crippen MR) is 67.6 cm³/mol. The zero-order valence-electron chi connectivity index (χ0n) is 10.1. The number of halogens is 1. The molecule has 0 spiro atoms. The molecule has 3 nitrogen and oxygen atoms in total. The summed E-state index contributed by atoms with van der Waals surface area (Å²) in [6.45, 7) is 3.83. The quantitative estimate of drug-likeness (QED) is 0.827. The van der Waals surface area contributed by atoms with E-state index in [0.29, 0.717) is 5.91 Å². The monoisotopic (exact) mass is 246 g/mol. The van der Waals surface area contributed by atoms with E-state index in [9.17, 15) is 4.79 Å². The number of nitrogens with zero attached hydrogens (tertiary/aromatic N) is 1. The van der Waals surface area contributed by atoms with Gasteiger partial charge < -0.3 is 10.6 Å². The van der Waals surface area contributed by atoms with E-state index in [2.05, 4.69) is 6.92 Å². The number of rotatable bonds is 3. The van der Waals surface area contributed by atoms with E-state index in [1.165, 1.54) is 6.42 Å². The molecule has 1 amide bonds. The number of carbonyl (C=O) groups is 1. The number of hydrogen-bond acceptors (Lipinski definition) is 2. The van der Waals surface area contributed by atoms with Crippen molar-refractivity contribution in [1.29, 1.82) is 0 Å². The molecule has 1 saturated heterocycles. The van der Waals surface area contributed by atoms with Gasteiger partial charge in [0.15, 0.2) is 0 Å². The second kappa shape index (κ2) is 5.37. The Hall–Kier alpha value is -0.280. The summed E-state index contributed by atoms with van der Waals surface area (Å²) in [5, 5.41) is 0. The lowest BCUT2D eigenvalue weighted by Crippen LogP contribution is -2.47. The van der Waals surface area contributed by atoms with Crippen molar-refractivity contribution in [2.75, 3.05) is 13.1 Å². The van der Waals surface area contributed by atoms with E-state index in [4.69, 9.17) is 5.73 Å². The molecule has 1 saturated carbocycles. The van der Waals surface area contributed by atoms with Crippen LogP contribution in [0, 0.1) is 5.41 Å². The Bertz CT molecular complexity index is 253. The number of likely N-dealkylation sites (tertiary alicyclic amines) is 1. The molecule has 94 valence electrons. The van der Waals surface area contributed by atoms with Crippen LogP contribution in [0.3, 0.4) is 0 Å². The van der Waals surface area contributed by atoms with Gasteiger partial charge in [-0.05, 0) is 25.7 Å². The first-order valence-corrected chi connectivity index (χ1v) is 6.23. The summed E-state index contributed by atoms with van der Waals surface area (Å²) in [6.07, 6.45) is 6.60. The molecule has 1 aliphatic heterocycles. The third kappa shape index (κ3) is 2.35. The maximum absolute atomic E-state index is 12.4. The Morgan fingerprint density at radius 2 is 2.19 bits per heavy atom. The topological polar surface area (TPSA) is 46.3 Å². The first-order valence-electron chi connectivity index (χ1n) is 6.23. The molecule has 1 aliphatic carbocycles. The zero-order chi connectivity index (χ0) is 10.9. The molecule has 2 aliphatic rings. The van der Waals surface area contributed by atoms with E-state index >= 15 is 0 Å². The summed E-state index contributed by atoms with van der Waals surface area (Å²) in [6, 6.07) is 0.215. The van der Waals surface area contributed by atoms with Crippen LogP contribution in [0.1, 0.15) is 45.4 Å². The molecule has 0 aromatic carbocycles. The van der Waals surface area contributed by atoms with Crippen molar-refractivity contribution in [1.82, 2.24) is 4.90 Å². The lowest BCUT2D eigenvalue weighted by atomic mass is 9.65. The highest BCUT2D eigenvalue weighted by atomic mass is 35.5. The molecule has 4 heteroatoms. The fourth-order valence-electron chi connectivity index (χ4n) is 2.96. The van der Waals surface area contributed by atoms with E-state index in [1.54, 1.807) is 0 Å². The minimum Gasteiger partial charge on any atom is -0.341 e. The Labute approximate surface area is 104 Å². The first kappa shape index (κ1) is 13.8. The number of carbonyl (C=O) groups excluding carboxylic acids is 1. The minimum absolute atomic E-state index is 0. The molecule has 0 bridgehead atoms. The molecule has 2 N–H and O–H groups in total. The average molecular weight is 247 g/mol. The number of hydrogen-bond donors (Lipinski definition) is 1. The molecule has 2 rings (SSSR count). The van der Waals surface area contributed by atoms with Crippen molar-refractivity contribution in [2.45, 2.75) is 51.5 Å². The van der Waals surface area contributed by atoms with Crippen LogP contribution in [0.25, 0.3) is 0 Å². The maximum Gasteiger partial charge on any atom is 0.228 e. The third-order valence-electron chi connectivity index (χ3n) is 4.00. The minimum atomic E-state index is 0. The van der Waals surface area contributed by atoms with Crippen molar-refractivity contribution in [2.24, 2.45) is 11.1 Å². The summed E-state index contributed by atoms with van der Waals surface area (Å²) in [7, 11) is 0. The highest BCUT2D eigenvalue weighted by Gasteiger charge is 2.46. The van der Waals surface area contributed by atoms with Gasteiger partial charge in [0.2, 0.25) is 5.91 Å². The molecule has 1 atom stereocenters. The molecule has 2 fully saturated rings. The van der Waals surface area contributed by atoms with Crippen molar-refractivity contribution in [3.8, 4) is 0 Å². The van der Waals surface area contributed by atoms with Crippen LogP contribution in [0.15, 0.2) is 0 Å². The van der Waals surface area contributed by atoms with Crippen molar-refractivity contribution >= 4 is 18.3 Å². The van der Waals surface area contributed by atoms with Gasteiger partial charge in [-0.15, -0.1) is 12.4 Å². The maximum atomic E-state index is 12.4. The normalized spacial score (nSPS) is 27.1. The second-order valence-electron chi connectivity index (χ2n) is 5.18. The van der Waals surface area contributed by atoms with Crippen LogP contribution >= 0.6 is 12.4 Å². The fourth-order valence-corrected chi connectivity index (χ4v) is 2.96. The van der Waals surface area contributed by atoms with Crippen LogP contribution in [-0.2, 0) is 4.79 Å². The molecule has 0 aromatic rings. The van der Waals surface area contributed by atoms with Crippen molar-refractivity contribution < 1.29 is 4.79 Å². The standard InChI is InChI=1S/C12H22N2O.ClH/c1-2-5-12(6-3-7-12)11(15)14-8-4-10(13)9-14;/h10H,2-9,13H2,1H3;1H/t10-;/m1./s1. The van der Waals surface area contributed by atoms with Gasteiger partial charge in [0.05, 0.1) is 0 Å². The SMILES string of the molecule is CCCC1(C(=O)N2CC[C@@H](N)C2)CCC1.Cl. The highest BCUT2D eigenvalue weighted by Crippen LogP contribution is 2.46. The summed E-state index contributed by atoms with van der Waals surface area (Å²) in [5.74, 6) is 0.392. The summed E-state index contributed by atoms with van der Waals surface area (Å²) in [5.41, 5.74) is 5.86. The summed E-state index contributed by atoms with van der Waals surface area (Å²) >= 11 is 0. The molecule has 1 heterocycles. The van der Waals surface area contributed by atoms with Gasteiger partial charge in [0.1, 0.15) is 0 Å². The Morgan fingerprint density at radius 3 is 2.56 bits per heavy atom. The Kier molecular flexibility index (Phi) is 4.62. The van der Waals surface area contributed by atoms with Gasteiger partial charge in [0, 0.05) is 24.5 Å². The van der Waals surface area contributed by atoms with Gasteiger partial charge >= 0.3 is 0 Å². The Balaban J connectivity index is 0.00000128. The van der Waals surface area contributed by atoms with Crippen LogP contribution < -0.4 is 5.73 Å². The molecule has 16 heavy (non-hydrogen) atoms. The summed E-state index contributed by atoms with van der Waals surface area (Å²) < 4.78 is 0.